The Labute approximate surface area is 109 Å². The van der Waals surface area contributed by atoms with Crippen molar-refractivity contribution in [1.82, 2.24) is 14.9 Å². The molecule has 3 aliphatic rings. The zero-order valence-corrected chi connectivity index (χ0v) is 11.6. The Hall–Kier alpha value is 0.230. The van der Waals surface area contributed by atoms with Crippen molar-refractivity contribution in [3.05, 3.63) is 0 Å². The van der Waals surface area contributed by atoms with E-state index < -0.39 is 0 Å². The third-order valence-corrected chi connectivity index (χ3v) is 5.32. The molecule has 3 aliphatic heterocycles. The van der Waals surface area contributed by atoms with Crippen molar-refractivity contribution in [3.63, 3.8) is 0 Å². The van der Waals surface area contributed by atoms with E-state index >= 15 is 0 Å². The van der Waals surface area contributed by atoms with Crippen LogP contribution in [0.2, 0.25) is 0 Å². The quantitative estimate of drug-likeness (QED) is 0.748. The molecule has 0 saturated carbocycles. The average molecular weight is 255 g/mol. The van der Waals surface area contributed by atoms with Crippen LogP contribution >= 0.6 is 11.8 Å². The molecule has 0 aliphatic carbocycles. The normalized spacial score (nSPS) is 34.2. The van der Waals surface area contributed by atoms with Crippen LogP contribution in [0.25, 0.3) is 0 Å². The van der Waals surface area contributed by atoms with Gasteiger partial charge in [-0.3, -0.25) is 4.90 Å². The molecule has 4 heteroatoms. The number of piperidine rings is 2. The summed E-state index contributed by atoms with van der Waals surface area (Å²) < 4.78 is 0. The molecule has 3 nitrogen and oxygen atoms in total. The molecule has 17 heavy (non-hydrogen) atoms. The molecule has 0 radical (unpaired) electrons. The van der Waals surface area contributed by atoms with E-state index in [-0.39, 0.29) is 0 Å². The first-order chi connectivity index (χ1) is 8.45. The summed E-state index contributed by atoms with van der Waals surface area (Å²) in [7, 11) is 0. The maximum Gasteiger partial charge on any atom is 0.0861 e. The van der Waals surface area contributed by atoms with Crippen LogP contribution in [0.15, 0.2) is 0 Å². The van der Waals surface area contributed by atoms with Crippen molar-refractivity contribution >= 4 is 11.8 Å². The Morgan fingerprint density at radius 1 is 0.765 bits per heavy atom. The molecular formula is C13H25N3S. The first kappa shape index (κ1) is 12.3. The number of hydrogen-bond donors (Lipinski definition) is 0. The van der Waals surface area contributed by atoms with Crippen LogP contribution in [0.5, 0.6) is 0 Å². The molecule has 0 amide bonds. The Morgan fingerprint density at radius 3 is 2.12 bits per heavy atom. The van der Waals surface area contributed by atoms with E-state index in [4.69, 9.17) is 0 Å². The second kappa shape index (κ2) is 5.91. The van der Waals surface area contributed by atoms with Crippen molar-refractivity contribution in [2.24, 2.45) is 0 Å². The maximum atomic E-state index is 2.73. The second-order valence-corrected chi connectivity index (χ2v) is 6.53. The molecule has 98 valence electrons. The molecule has 0 bridgehead atoms. The lowest BCUT2D eigenvalue weighted by Gasteiger charge is -2.43. The number of likely N-dealkylation sites (tertiary alicyclic amines) is 1. The first-order valence-electron chi connectivity index (χ1n) is 7.28. The highest BCUT2D eigenvalue weighted by Gasteiger charge is 2.34. The molecule has 0 spiro atoms. The molecule has 3 rings (SSSR count). The fourth-order valence-electron chi connectivity index (χ4n) is 3.34. The van der Waals surface area contributed by atoms with Crippen LogP contribution in [-0.4, -0.2) is 58.9 Å². The highest BCUT2D eigenvalue weighted by Crippen LogP contribution is 2.28. The van der Waals surface area contributed by atoms with E-state index in [1.54, 1.807) is 0 Å². The summed E-state index contributed by atoms with van der Waals surface area (Å²) in [5, 5.41) is 5.32. The summed E-state index contributed by atoms with van der Waals surface area (Å²) in [6, 6.07) is 0. The SMILES string of the molecule is C1CCN(C2CSCN2N2CCCCC2)CC1. The number of hydrogen-bond acceptors (Lipinski definition) is 4. The number of nitrogens with zero attached hydrogens (tertiary/aromatic N) is 3. The fourth-order valence-corrected chi connectivity index (χ4v) is 4.56. The van der Waals surface area contributed by atoms with Gasteiger partial charge in [0.2, 0.25) is 0 Å². The average Bonchev–Trinajstić information content (AvgIpc) is 2.90. The molecule has 3 saturated heterocycles. The lowest BCUT2D eigenvalue weighted by molar-refractivity contribution is -0.0965. The van der Waals surface area contributed by atoms with E-state index in [1.165, 1.54) is 76.3 Å². The van der Waals surface area contributed by atoms with Gasteiger partial charge in [-0.25, -0.2) is 10.0 Å². The largest absolute Gasteiger partial charge is 0.286 e. The Balaban J connectivity index is 1.61. The lowest BCUT2D eigenvalue weighted by Crippen LogP contribution is -2.56. The number of thioether (sulfide) groups is 1. The fraction of sp³-hybridized carbons (Fsp3) is 1.00. The van der Waals surface area contributed by atoms with Gasteiger partial charge >= 0.3 is 0 Å². The van der Waals surface area contributed by atoms with Gasteiger partial charge in [0, 0.05) is 18.8 Å². The van der Waals surface area contributed by atoms with E-state index in [2.05, 4.69) is 26.7 Å². The molecule has 0 N–H and O–H groups in total. The molecule has 3 fully saturated rings. The zero-order chi connectivity index (χ0) is 11.5. The Kier molecular flexibility index (Phi) is 4.27. The highest BCUT2D eigenvalue weighted by molar-refractivity contribution is 7.99. The third-order valence-electron chi connectivity index (χ3n) is 4.34. The summed E-state index contributed by atoms with van der Waals surface area (Å²) in [5.74, 6) is 2.54. The van der Waals surface area contributed by atoms with E-state index in [0.717, 1.165) is 0 Å². The second-order valence-electron chi connectivity index (χ2n) is 5.53. The third kappa shape index (κ3) is 2.80. The Bertz CT molecular complexity index is 213. The molecule has 1 unspecified atom stereocenters. The molecule has 3 heterocycles. The summed E-state index contributed by atoms with van der Waals surface area (Å²) >= 11 is 2.12. The van der Waals surface area contributed by atoms with Crippen molar-refractivity contribution in [2.75, 3.05) is 37.8 Å². The monoisotopic (exact) mass is 255 g/mol. The van der Waals surface area contributed by atoms with Gasteiger partial charge in [0.25, 0.3) is 0 Å². The van der Waals surface area contributed by atoms with Crippen LogP contribution < -0.4 is 0 Å². The standard InChI is InChI=1S/C13H25N3S/c1-3-7-14(8-4-1)13-11-17-12-16(13)15-9-5-2-6-10-15/h13H,1-12H2. The van der Waals surface area contributed by atoms with Gasteiger partial charge in [-0.15, -0.1) is 11.8 Å². The van der Waals surface area contributed by atoms with Gasteiger partial charge < -0.3 is 0 Å². The molecule has 0 aromatic rings. The minimum absolute atomic E-state index is 0.707. The molecule has 1 atom stereocenters. The van der Waals surface area contributed by atoms with Gasteiger partial charge in [0.1, 0.15) is 0 Å². The van der Waals surface area contributed by atoms with Crippen LogP contribution in [0.4, 0.5) is 0 Å². The van der Waals surface area contributed by atoms with E-state index in [0.29, 0.717) is 6.17 Å². The van der Waals surface area contributed by atoms with Crippen LogP contribution in [0.3, 0.4) is 0 Å². The van der Waals surface area contributed by atoms with Crippen molar-refractivity contribution < 1.29 is 0 Å². The first-order valence-corrected chi connectivity index (χ1v) is 8.44. The maximum absolute atomic E-state index is 2.73. The summed E-state index contributed by atoms with van der Waals surface area (Å²) in [5.41, 5.74) is 0. The van der Waals surface area contributed by atoms with Crippen LogP contribution in [-0.2, 0) is 0 Å². The number of hydrazine groups is 1. The van der Waals surface area contributed by atoms with E-state index in [1.807, 2.05) is 0 Å². The topological polar surface area (TPSA) is 9.72 Å². The summed E-state index contributed by atoms with van der Waals surface area (Å²) in [4.78, 5) is 2.73. The molecule has 0 aromatic heterocycles. The summed E-state index contributed by atoms with van der Waals surface area (Å²) in [6.45, 7) is 5.25. The lowest BCUT2D eigenvalue weighted by atomic mass is 10.1. The Morgan fingerprint density at radius 2 is 1.41 bits per heavy atom. The smallest absolute Gasteiger partial charge is 0.0861 e. The van der Waals surface area contributed by atoms with Crippen molar-refractivity contribution in [3.8, 4) is 0 Å². The predicted octanol–water partition coefficient (Wildman–Crippen LogP) is 2.21. The van der Waals surface area contributed by atoms with Crippen molar-refractivity contribution in [2.45, 2.75) is 44.7 Å². The molecule has 0 aromatic carbocycles. The van der Waals surface area contributed by atoms with Crippen molar-refractivity contribution in [1.29, 1.82) is 0 Å². The minimum Gasteiger partial charge on any atom is -0.286 e. The highest BCUT2D eigenvalue weighted by atomic mass is 32.2. The van der Waals surface area contributed by atoms with Gasteiger partial charge in [0.05, 0.1) is 12.0 Å². The molecular weight excluding hydrogens is 230 g/mol. The van der Waals surface area contributed by atoms with Gasteiger partial charge in [-0.1, -0.05) is 12.8 Å². The van der Waals surface area contributed by atoms with E-state index in [9.17, 15) is 0 Å². The van der Waals surface area contributed by atoms with Gasteiger partial charge in [-0.2, -0.15) is 0 Å². The minimum atomic E-state index is 0.707. The van der Waals surface area contributed by atoms with Crippen LogP contribution in [0.1, 0.15) is 38.5 Å². The summed E-state index contributed by atoms with van der Waals surface area (Å²) in [6.07, 6.45) is 9.20. The van der Waals surface area contributed by atoms with Gasteiger partial charge in [-0.05, 0) is 38.8 Å². The van der Waals surface area contributed by atoms with Gasteiger partial charge in [0.15, 0.2) is 0 Å². The predicted molar refractivity (Wildman–Crippen MR) is 73.8 cm³/mol. The van der Waals surface area contributed by atoms with Crippen LogP contribution in [0, 0.1) is 0 Å². The number of rotatable bonds is 2. The zero-order valence-electron chi connectivity index (χ0n) is 10.8.